The van der Waals surface area contributed by atoms with Crippen molar-refractivity contribution in [2.24, 2.45) is 0 Å². The molecule has 51 heavy (non-hydrogen) atoms. The van der Waals surface area contributed by atoms with Crippen LogP contribution in [0.1, 0.15) is 22.8 Å². The second-order valence-electron chi connectivity index (χ2n) is 12.2. The molecule has 2 aliphatic heterocycles. The minimum absolute atomic E-state index is 0. The van der Waals surface area contributed by atoms with Gasteiger partial charge < -0.3 is 20.2 Å². The van der Waals surface area contributed by atoms with Crippen LogP contribution in [0, 0.1) is 0 Å². The smallest absolute Gasteiger partial charge is 0.657 e. The number of hydrogen-bond acceptors (Lipinski definition) is 4. The molecule has 0 atom stereocenters. The normalized spacial score (nSPS) is 11.8. The maximum absolute atomic E-state index is 10.6. The van der Waals surface area contributed by atoms with Gasteiger partial charge in [-0.25, -0.2) is 9.97 Å². The monoisotopic (exact) mass is 708 g/mol. The van der Waals surface area contributed by atoms with Gasteiger partial charge in [-0.15, -0.1) is 22.1 Å². The summed E-state index contributed by atoms with van der Waals surface area (Å²) in [4.78, 5) is 21.0. The first-order chi connectivity index (χ1) is 24.6. The average molecular weight is 710 g/mol. The Morgan fingerprint density at radius 1 is 0.353 bits per heavy atom. The molecule has 0 unspecified atom stereocenters. The molecule has 5 heterocycles. The van der Waals surface area contributed by atoms with E-state index in [9.17, 15) is 10.2 Å². The first-order valence-electron chi connectivity index (χ1n) is 16.3. The number of phenols is 2. The molecule has 7 heteroatoms. The van der Waals surface area contributed by atoms with Gasteiger partial charge in [-0.1, -0.05) is 121 Å². The number of nitrogens with zero attached hydrogens (tertiary/aromatic N) is 4. The molecule has 4 aromatic carbocycles. The van der Waals surface area contributed by atoms with Crippen molar-refractivity contribution < 1.29 is 29.7 Å². The summed E-state index contributed by atoms with van der Waals surface area (Å²) in [6.07, 6.45) is 8.08. The number of aromatic nitrogens is 4. The maximum atomic E-state index is 10.6. The van der Waals surface area contributed by atoms with Gasteiger partial charge >= 0.3 is 19.5 Å². The van der Waals surface area contributed by atoms with E-state index in [1.165, 1.54) is 6.07 Å². The number of hydrogen-bond donors (Lipinski definition) is 2. The first-order valence-corrected chi connectivity index (χ1v) is 16.3. The summed E-state index contributed by atoms with van der Waals surface area (Å²) in [7, 11) is 0. The minimum Gasteiger partial charge on any atom is -0.657 e. The fourth-order valence-corrected chi connectivity index (χ4v) is 6.76. The van der Waals surface area contributed by atoms with Crippen LogP contribution in [-0.2, 0) is 19.5 Å². The summed E-state index contributed by atoms with van der Waals surface area (Å²) in [6, 6.07) is 43.5. The van der Waals surface area contributed by atoms with Crippen LogP contribution < -0.4 is 9.97 Å². The van der Waals surface area contributed by atoms with Crippen LogP contribution in [0.2, 0.25) is 0 Å². The quantitative estimate of drug-likeness (QED) is 0.140. The van der Waals surface area contributed by atoms with Crippen LogP contribution >= 0.6 is 0 Å². The molecule has 0 amide bonds. The Morgan fingerprint density at radius 3 is 1.02 bits per heavy atom. The van der Waals surface area contributed by atoms with Crippen LogP contribution in [0.3, 0.4) is 0 Å². The van der Waals surface area contributed by atoms with Gasteiger partial charge in [-0.2, -0.15) is 0 Å². The summed E-state index contributed by atoms with van der Waals surface area (Å²) >= 11 is 0. The molecule has 0 spiro atoms. The number of phenolic OH excluding ortho intramolecular Hbond substituents is 2. The van der Waals surface area contributed by atoms with Gasteiger partial charge in [0.05, 0.1) is 22.8 Å². The second-order valence-corrected chi connectivity index (χ2v) is 12.2. The van der Waals surface area contributed by atoms with E-state index >= 15 is 0 Å². The zero-order valence-corrected chi connectivity index (χ0v) is 30.4. The second kappa shape index (κ2) is 13.2. The number of rotatable bonds is 4. The van der Waals surface area contributed by atoms with Crippen molar-refractivity contribution in [1.29, 1.82) is 0 Å². The summed E-state index contributed by atoms with van der Waals surface area (Å²) in [5, 5.41) is 20.8. The number of benzene rings is 4. The predicted octanol–water partition coefficient (Wildman–Crippen LogP) is 9.99. The van der Waals surface area contributed by atoms with E-state index in [4.69, 9.17) is 19.9 Å². The maximum Gasteiger partial charge on any atom is 2.00 e. The minimum atomic E-state index is -0.221. The molecule has 8 bridgehead atoms. The largest absolute Gasteiger partial charge is 2.00 e. The Bertz CT molecular complexity index is 2620. The van der Waals surface area contributed by atoms with E-state index in [2.05, 4.69) is 48.5 Å². The number of aromatic hydroxyl groups is 2. The van der Waals surface area contributed by atoms with Gasteiger partial charge in [0, 0.05) is 0 Å². The molecule has 238 valence electrons. The Balaban J connectivity index is 0.00000374. The van der Waals surface area contributed by atoms with E-state index in [-0.39, 0.29) is 31.0 Å². The van der Waals surface area contributed by atoms with E-state index < -0.39 is 0 Å². The zero-order valence-electron chi connectivity index (χ0n) is 27.4. The van der Waals surface area contributed by atoms with Crippen molar-refractivity contribution in [3.05, 3.63) is 156 Å². The summed E-state index contributed by atoms with van der Waals surface area (Å²) in [6.45, 7) is 0. The SMILES string of the molecule is Oc1ccc(-c2c3nc(c(-c4ccccc4)c4ccc([n-]4)c(-c4ccccc4)c4nc(c(-c5ccccc5)c5ccc2[n-]5)C=C4)C=C3)cc1O.[Zn+2]. The molecule has 9 rings (SSSR count). The Labute approximate surface area is 307 Å². The Morgan fingerprint density at radius 2 is 0.686 bits per heavy atom. The zero-order chi connectivity index (χ0) is 33.6. The van der Waals surface area contributed by atoms with Gasteiger partial charge in [-0.05, 0) is 80.9 Å². The van der Waals surface area contributed by atoms with Crippen LogP contribution in [-0.4, -0.2) is 20.2 Å². The van der Waals surface area contributed by atoms with Crippen molar-refractivity contribution in [2.45, 2.75) is 0 Å². The fraction of sp³-hybridized carbons (Fsp3) is 0. The molecule has 7 aromatic rings. The topological polar surface area (TPSA) is 94.4 Å². The van der Waals surface area contributed by atoms with Crippen molar-refractivity contribution in [3.8, 4) is 56.0 Å². The summed E-state index contributed by atoms with van der Waals surface area (Å²) in [5.41, 5.74) is 13.1. The van der Waals surface area contributed by atoms with Gasteiger partial charge in [0.1, 0.15) is 0 Å². The molecule has 0 saturated heterocycles. The van der Waals surface area contributed by atoms with Gasteiger partial charge in [-0.3, -0.25) is 0 Å². The molecule has 0 fully saturated rings. The summed E-state index contributed by atoms with van der Waals surface area (Å²) < 4.78 is 0. The third kappa shape index (κ3) is 5.78. The third-order valence-electron chi connectivity index (χ3n) is 9.06. The van der Waals surface area contributed by atoms with Crippen molar-refractivity contribution in [1.82, 2.24) is 19.9 Å². The van der Waals surface area contributed by atoms with Gasteiger partial charge in [0.15, 0.2) is 11.5 Å². The van der Waals surface area contributed by atoms with Crippen molar-refractivity contribution in [3.63, 3.8) is 0 Å². The molecule has 6 nitrogen and oxygen atoms in total. The van der Waals surface area contributed by atoms with Crippen molar-refractivity contribution >= 4 is 46.4 Å². The number of fused-ring (bicyclic) bond motifs is 8. The first kappa shape index (κ1) is 31.9. The average Bonchev–Trinajstić information content (AvgIpc) is 3.99. The van der Waals surface area contributed by atoms with Gasteiger partial charge in [0.25, 0.3) is 0 Å². The molecule has 2 aliphatic rings. The van der Waals surface area contributed by atoms with Crippen molar-refractivity contribution in [2.75, 3.05) is 0 Å². The standard InChI is InChI=1S/C44H28N4O2.Zn/c49-39-25-16-30(26-40(39)50)44-37-23-21-35(47-37)42(28-12-6-2-7-13-28)33-19-17-31(45-33)41(27-10-4-1-5-11-27)32-18-20-34(46-32)43(29-14-8-3-9-15-29)36-22-24-38(44)48-36;/h1-26H,(H2-2,45,46,47,48,49,50);/q-2;+2. The predicted molar refractivity (Wildman–Crippen MR) is 202 cm³/mol. The van der Waals surface area contributed by atoms with Crippen LogP contribution in [0.15, 0.2) is 133 Å². The Kier molecular flexibility index (Phi) is 8.27. The molecule has 0 radical (unpaired) electrons. The van der Waals surface area contributed by atoms with Crippen LogP contribution in [0.5, 0.6) is 11.5 Å². The molecular weight excluding hydrogens is 682 g/mol. The van der Waals surface area contributed by atoms with Gasteiger partial charge in [0.2, 0.25) is 0 Å². The Hall–Kier alpha value is -6.30. The molecule has 0 aliphatic carbocycles. The summed E-state index contributed by atoms with van der Waals surface area (Å²) in [5.74, 6) is -0.418. The van der Waals surface area contributed by atoms with E-state index in [1.807, 2.05) is 91.0 Å². The van der Waals surface area contributed by atoms with E-state index in [1.54, 1.807) is 12.1 Å². The third-order valence-corrected chi connectivity index (χ3v) is 9.06. The molecule has 2 N–H and O–H groups in total. The van der Waals surface area contributed by atoms with E-state index in [0.29, 0.717) is 16.8 Å². The fourth-order valence-electron chi connectivity index (χ4n) is 6.76. The van der Waals surface area contributed by atoms with Crippen LogP contribution in [0.4, 0.5) is 0 Å². The molecule has 0 saturated carbocycles. The molecule has 3 aromatic heterocycles. The molecular formula is C44H28N4O2Zn. The van der Waals surface area contributed by atoms with Crippen LogP contribution in [0.25, 0.3) is 90.9 Å². The van der Waals surface area contributed by atoms with E-state index in [0.717, 1.165) is 72.6 Å².